The zero-order valence-electron chi connectivity index (χ0n) is 12.6. The van der Waals surface area contributed by atoms with Gasteiger partial charge in [-0.1, -0.05) is 11.3 Å². The highest BCUT2D eigenvalue weighted by Gasteiger charge is 2.44. The molecule has 122 valence electrons. The molecule has 1 N–H and O–H groups in total. The van der Waals surface area contributed by atoms with Crippen LogP contribution in [0.5, 0.6) is 0 Å². The van der Waals surface area contributed by atoms with Crippen LogP contribution < -0.4 is 10.2 Å². The maximum atomic E-state index is 12.0. The van der Waals surface area contributed by atoms with Gasteiger partial charge in [-0.15, -0.1) is 21.5 Å². The number of amides is 1. The van der Waals surface area contributed by atoms with E-state index in [1.807, 2.05) is 6.92 Å². The first kappa shape index (κ1) is 15.0. The first-order chi connectivity index (χ1) is 11.2. The molecular formula is C14H17N5O2S2. The molecule has 2 aliphatic rings. The van der Waals surface area contributed by atoms with Crippen LogP contribution in [0.25, 0.3) is 0 Å². The van der Waals surface area contributed by atoms with Crippen molar-refractivity contribution in [2.24, 2.45) is 11.8 Å². The molecule has 0 radical (unpaired) electrons. The normalized spacial score (nSPS) is 26.5. The van der Waals surface area contributed by atoms with Gasteiger partial charge in [0, 0.05) is 36.9 Å². The van der Waals surface area contributed by atoms with Gasteiger partial charge in [0.1, 0.15) is 10.7 Å². The molecule has 9 heteroatoms. The number of hydrogen-bond donors (Lipinski definition) is 1. The molecule has 3 atom stereocenters. The van der Waals surface area contributed by atoms with Crippen LogP contribution in [-0.2, 0) is 4.74 Å². The molecule has 0 unspecified atom stereocenters. The maximum Gasteiger partial charge on any atom is 0.270 e. The van der Waals surface area contributed by atoms with Crippen molar-refractivity contribution < 1.29 is 9.53 Å². The second-order valence-electron chi connectivity index (χ2n) is 5.89. The lowest BCUT2D eigenvalue weighted by Gasteiger charge is -2.18. The van der Waals surface area contributed by atoms with Gasteiger partial charge in [-0.2, -0.15) is 0 Å². The monoisotopic (exact) mass is 351 g/mol. The van der Waals surface area contributed by atoms with Crippen LogP contribution in [0.1, 0.15) is 15.5 Å². The Hall–Kier alpha value is -1.58. The lowest BCUT2D eigenvalue weighted by Crippen LogP contribution is -2.34. The molecule has 2 aromatic rings. The number of nitrogens with zero attached hydrogens (tertiary/aromatic N) is 4. The van der Waals surface area contributed by atoms with E-state index in [1.54, 1.807) is 22.2 Å². The summed E-state index contributed by atoms with van der Waals surface area (Å²) in [4.78, 5) is 18.3. The summed E-state index contributed by atoms with van der Waals surface area (Å²) in [6.07, 6.45) is 0.223. The SMILES string of the molecule is Cc1nnc(N2C[C@H]3[C@@H](CNC(=O)c4cscn4)CO[C@H]3C2)s1. The lowest BCUT2D eigenvalue weighted by atomic mass is 9.93. The first-order valence-electron chi connectivity index (χ1n) is 7.54. The Morgan fingerprint density at radius 2 is 2.39 bits per heavy atom. The molecule has 7 nitrogen and oxygen atoms in total. The van der Waals surface area contributed by atoms with Gasteiger partial charge in [0.05, 0.1) is 18.2 Å². The van der Waals surface area contributed by atoms with Crippen LogP contribution in [0.2, 0.25) is 0 Å². The van der Waals surface area contributed by atoms with Crippen molar-refractivity contribution in [2.45, 2.75) is 13.0 Å². The maximum absolute atomic E-state index is 12.0. The molecule has 4 rings (SSSR count). The number of carbonyl (C=O) groups excluding carboxylic acids is 1. The zero-order chi connectivity index (χ0) is 15.8. The number of aryl methyl sites for hydroxylation is 1. The van der Waals surface area contributed by atoms with Crippen molar-refractivity contribution in [3.63, 3.8) is 0 Å². The van der Waals surface area contributed by atoms with Gasteiger partial charge in [0.25, 0.3) is 5.91 Å². The fraction of sp³-hybridized carbons (Fsp3) is 0.571. The molecule has 1 amide bonds. The van der Waals surface area contributed by atoms with Gasteiger partial charge in [-0.3, -0.25) is 4.79 Å². The number of nitrogens with one attached hydrogen (secondary N) is 1. The highest BCUT2D eigenvalue weighted by Crippen LogP contribution is 2.36. The predicted molar refractivity (Wildman–Crippen MR) is 88.0 cm³/mol. The van der Waals surface area contributed by atoms with E-state index in [0.717, 1.165) is 23.2 Å². The topological polar surface area (TPSA) is 80.2 Å². The predicted octanol–water partition coefficient (Wildman–Crippen LogP) is 1.18. The van der Waals surface area contributed by atoms with Crippen molar-refractivity contribution in [3.05, 3.63) is 21.6 Å². The van der Waals surface area contributed by atoms with Crippen LogP contribution >= 0.6 is 22.7 Å². The van der Waals surface area contributed by atoms with Crippen LogP contribution in [-0.4, -0.2) is 53.4 Å². The van der Waals surface area contributed by atoms with Gasteiger partial charge in [-0.05, 0) is 6.92 Å². The van der Waals surface area contributed by atoms with Crippen molar-refractivity contribution in [1.29, 1.82) is 0 Å². The molecular weight excluding hydrogens is 334 g/mol. The number of thiazole rings is 1. The second-order valence-corrected chi connectivity index (χ2v) is 7.77. The number of rotatable bonds is 4. The molecule has 0 spiro atoms. The summed E-state index contributed by atoms with van der Waals surface area (Å²) in [7, 11) is 0. The van der Waals surface area contributed by atoms with Crippen LogP contribution in [0.4, 0.5) is 5.13 Å². The first-order valence-corrected chi connectivity index (χ1v) is 9.29. The number of ether oxygens (including phenoxy) is 1. The summed E-state index contributed by atoms with van der Waals surface area (Å²) in [5.41, 5.74) is 2.16. The molecule has 2 aliphatic heterocycles. The average molecular weight is 351 g/mol. The molecule has 0 bridgehead atoms. The molecule has 2 aromatic heterocycles. The van der Waals surface area contributed by atoms with Crippen molar-refractivity contribution in [2.75, 3.05) is 31.1 Å². The lowest BCUT2D eigenvalue weighted by molar-refractivity contribution is 0.0935. The molecule has 23 heavy (non-hydrogen) atoms. The summed E-state index contributed by atoms with van der Waals surface area (Å²) in [6.45, 7) is 5.06. The van der Waals surface area contributed by atoms with Crippen molar-refractivity contribution in [3.8, 4) is 0 Å². The zero-order valence-corrected chi connectivity index (χ0v) is 14.3. The Balaban J connectivity index is 1.35. The molecule has 0 aliphatic carbocycles. The minimum Gasteiger partial charge on any atom is -0.376 e. The Morgan fingerprint density at radius 3 is 3.13 bits per heavy atom. The van der Waals surface area contributed by atoms with Crippen molar-refractivity contribution >= 4 is 33.7 Å². The van der Waals surface area contributed by atoms with E-state index in [2.05, 4.69) is 25.4 Å². The Labute approximate surface area is 141 Å². The van der Waals surface area contributed by atoms with Crippen LogP contribution in [0.15, 0.2) is 10.9 Å². The van der Waals surface area contributed by atoms with Crippen LogP contribution in [0.3, 0.4) is 0 Å². The third-order valence-corrected chi connectivity index (χ3v) is 5.90. The number of aromatic nitrogens is 3. The number of fused-ring (bicyclic) bond motifs is 1. The van der Waals surface area contributed by atoms with E-state index in [9.17, 15) is 4.79 Å². The summed E-state index contributed by atoms with van der Waals surface area (Å²) in [6, 6.07) is 0. The van der Waals surface area contributed by atoms with E-state index in [4.69, 9.17) is 4.74 Å². The van der Waals surface area contributed by atoms with Gasteiger partial charge >= 0.3 is 0 Å². The summed E-state index contributed by atoms with van der Waals surface area (Å²) in [5.74, 6) is 0.654. The van der Waals surface area contributed by atoms with E-state index in [-0.39, 0.29) is 12.0 Å². The van der Waals surface area contributed by atoms with E-state index in [0.29, 0.717) is 30.7 Å². The number of carbonyl (C=O) groups is 1. The van der Waals surface area contributed by atoms with Gasteiger partial charge in [0.15, 0.2) is 0 Å². The fourth-order valence-electron chi connectivity index (χ4n) is 3.22. The van der Waals surface area contributed by atoms with Crippen LogP contribution in [0, 0.1) is 18.8 Å². The highest BCUT2D eigenvalue weighted by molar-refractivity contribution is 7.15. The Bertz CT molecular complexity index is 689. The Kier molecular flexibility index (Phi) is 4.00. The third-order valence-electron chi connectivity index (χ3n) is 4.41. The molecule has 4 heterocycles. The largest absolute Gasteiger partial charge is 0.376 e. The summed E-state index contributed by atoms with van der Waals surface area (Å²) < 4.78 is 5.92. The minimum atomic E-state index is -0.107. The second kappa shape index (κ2) is 6.14. The van der Waals surface area contributed by atoms with Crippen molar-refractivity contribution in [1.82, 2.24) is 20.5 Å². The van der Waals surface area contributed by atoms with Gasteiger partial charge in [-0.25, -0.2) is 4.98 Å². The highest BCUT2D eigenvalue weighted by atomic mass is 32.1. The van der Waals surface area contributed by atoms with E-state index >= 15 is 0 Å². The van der Waals surface area contributed by atoms with E-state index < -0.39 is 0 Å². The summed E-state index contributed by atoms with van der Waals surface area (Å²) >= 11 is 3.04. The standard InChI is InChI=1S/C14H17N5O2S2/c1-8-17-18-14(23-8)19-3-10-9(5-21-12(10)4-19)2-15-13(20)11-6-22-7-16-11/h6-7,9-10,12H,2-5H2,1H3,(H,15,20)/t9-,10-,12-/m0/s1. The third kappa shape index (κ3) is 2.96. The molecule has 0 aromatic carbocycles. The minimum absolute atomic E-state index is 0.107. The number of hydrogen-bond acceptors (Lipinski definition) is 8. The van der Waals surface area contributed by atoms with Gasteiger partial charge in [0.2, 0.25) is 5.13 Å². The molecule has 2 fully saturated rings. The quantitative estimate of drug-likeness (QED) is 0.891. The Morgan fingerprint density at radius 1 is 1.48 bits per heavy atom. The van der Waals surface area contributed by atoms with E-state index in [1.165, 1.54) is 11.3 Å². The fourth-order valence-corrected chi connectivity index (χ4v) is 4.46. The average Bonchev–Trinajstić information content (AvgIpc) is 3.29. The number of anilines is 1. The molecule has 0 saturated carbocycles. The summed E-state index contributed by atoms with van der Waals surface area (Å²) in [5, 5.41) is 15.0. The smallest absolute Gasteiger partial charge is 0.270 e. The molecule has 2 saturated heterocycles. The van der Waals surface area contributed by atoms with Gasteiger partial charge < -0.3 is 15.0 Å².